The van der Waals surface area contributed by atoms with Crippen molar-refractivity contribution in [3.8, 4) is 45.5 Å². The maximum Gasteiger partial charge on any atom is 0.164 e. The van der Waals surface area contributed by atoms with Gasteiger partial charge in [0, 0.05) is 66.4 Å². The van der Waals surface area contributed by atoms with Gasteiger partial charge >= 0.3 is 0 Å². The Labute approximate surface area is 326 Å². The van der Waals surface area contributed by atoms with Gasteiger partial charge in [0.2, 0.25) is 0 Å². The largest absolute Gasteiger partial charge is 0.456 e. The third-order valence-electron chi connectivity index (χ3n) is 11.2. The normalized spacial score (nSPS) is 11.9. The standard InChI is InChI=1S/C51H31N5O/c1-4-14-32(15-5-1)49-52-50(33-16-6-2-7-17-33)54-51(53-49)34-24-26-36(27-25-34)56-45-30-44-39(37-20-10-12-22-43(37)55(44)35-18-8-3-9-19-35)28-40(45)41-29-42-38-21-11-13-23-47(38)57-48(42)31-46(41)56/h1-31H. The quantitative estimate of drug-likeness (QED) is 0.177. The third-order valence-corrected chi connectivity index (χ3v) is 11.2. The molecule has 4 heterocycles. The van der Waals surface area contributed by atoms with Crippen LogP contribution in [-0.4, -0.2) is 24.1 Å². The molecule has 0 atom stereocenters. The van der Waals surface area contributed by atoms with Crippen LogP contribution in [0.15, 0.2) is 192 Å². The third kappa shape index (κ3) is 4.94. The van der Waals surface area contributed by atoms with E-state index in [1.807, 2.05) is 72.8 Å². The Balaban J connectivity index is 1.11. The number of nitrogens with zero attached hydrogens (tertiary/aromatic N) is 5. The van der Waals surface area contributed by atoms with E-state index in [1.165, 1.54) is 27.1 Å². The van der Waals surface area contributed by atoms with Gasteiger partial charge in [-0.2, -0.15) is 0 Å². The van der Waals surface area contributed by atoms with Crippen LogP contribution in [0, 0.1) is 0 Å². The summed E-state index contributed by atoms with van der Waals surface area (Å²) in [6.07, 6.45) is 0. The van der Waals surface area contributed by atoms with E-state index < -0.39 is 0 Å². The van der Waals surface area contributed by atoms with Crippen molar-refractivity contribution in [2.45, 2.75) is 0 Å². The molecule has 0 bridgehead atoms. The van der Waals surface area contributed by atoms with Crippen LogP contribution in [0.1, 0.15) is 0 Å². The minimum Gasteiger partial charge on any atom is -0.456 e. The highest BCUT2D eigenvalue weighted by molar-refractivity contribution is 6.22. The average molecular weight is 730 g/mol. The highest BCUT2D eigenvalue weighted by Crippen LogP contribution is 2.42. The summed E-state index contributed by atoms with van der Waals surface area (Å²) in [5.41, 5.74) is 11.2. The summed E-state index contributed by atoms with van der Waals surface area (Å²) in [4.78, 5) is 14.9. The molecule has 0 spiro atoms. The number of benzene rings is 8. The van der Waals surface area contributed by atoms with Gasteiger partial charge in [0.05, 0.1) is 22.1 Å². The molecule has 0 amide bonds. The Morgan fingerprint density at radius 3 is 1.40 bits per heavy atom. The van der Waals surface area contributed by atoms with Crippen LogP contribution < -0.4 is 0 Å². The fourth-order valence-electron chi connectivity index (χ4n) is 8.53. The molecule has 0 saturated carbocycles. The summed E-state index contributed by atoms with van der Waals surface area (Å²) in [7, 11) is 0. The van der Waals surface area contributed by atoms with Crippen LogP contribution in [0.5, 0.6) is 0 Å². The number of rotatable bonds is 5. The van der Waals surface area contributed by atoms with E-state index >= 15 is 0 Å². The van der Waals surface area contributed by atoms with Crippen molar-refractivity contribution < 1.29 is 4.42 Å². The first-order valence-corrected chi connectivity index (χ1v) is 19.1. The predicted octanol–water partition coefficient (Wildman–Crippen LogP) is 13.0. The van der Waals surface area contributed by atoms with Gasteiger partial charge in [0.1, 0.15) is 11.2 Å². The molecule has 8 aromatic carbocycles. The number of hydrogen-bond acceptors (Lipinski definition) is 4. The molecule has 0 aliphatic heterocycles. The van der Waals surface area contributed by atoms with Crippen molar-refractivity contribution in [3.63, 3.8) is 0 Å². The average Bonchev–Trinajstić information content (AvgIpc) is 3.92. The van der Waals surface area contributed by atoms with E-state index in [0.717, 1.165) is 66.6 Å². The van der Waals surface area contributed by atoms with E-state index in [1.54, 1.807) is 0 Å². The van der Waals surface area contributed by atoms with Crippen LogP contribution in [0.25, 0.3) is 111 Å². The van der Waals surface area contributed by atoms with Gasteiger partial charge in [0.25, 0.3) is 0 Å². The second-order valence-electron chi connectivity index (χ2n) is 14.5. The number of furan rings is 1. The summed E-state index contributed by atoms with van der Waals surface area (Å²) in [6.45, 7) is 0. The lowest BCUT2D eigenvalue weighted by Gasteiger charge is -2.11. The molecule has 0 N–H and O–H groups in total. The molecule has 0 aliphatic carbocycles. The molecular weight excluding hydrogens is 699 g/mol. The van der Waals surface area contributed by atoms with Crippen molar-refractivity contribution in [1.82, 2.24) is 24.1 Å². The highest BCUT2D eigenvalue weighted by Gasteiger charge is 2.21. The van der Waals surface area contributed by atoms with Crippen molar-refractivity contribution in [3.05, 3.63) is 188 Å². The molecule has 0 unspecified atom stereocenters. The van der Waals surface area contributed by atoms with Crippen LogP contribution in [0.2, 0.25) is 0 Å². The van der Waals surface area contributed by atoms with Gasteiger partial charge in [-0.1, -0.05) is 115 Å². The summed E-state index contributed by atoms with van der Waals surface area (Å²) in [5, 5.41) is 7.01. The Morgan fingerprint density at radius 2 is 0.754 bits per heavy atom. The molecule has 6 nitrogen and oxygen atoms in total. The molecule has 0 radical (unpaired) electrons. The fourth-order valence-corrected chi connectivity index (χ4v) is 8.53. The van der Waals surface area contributed by atoms with Gasteiger partial charge in [-0.05, 0) is 66.7 Å². The minimum atomic E-state index is 0.620. The first-order chi connectivity index (χ1) is 28.2. The van der Waals surface area contributed by atoms with Crippen molar-refractivity contribution in [1.29, 1.82) is 0 Å². The Bertz CT molecular complexity index is 3430. The van der Waals surface area contributed by atoms with E-state index in [4.69, 9.17) is 19.4 Å². The molecule has 12 rings (SSSR count). The van der Waals surface area contributed by atoms with Crippen molar-refractivity contribution in [2.75, 3.05) is 0 Å². The molecule has 4 aromatic heterocycles. The van der Waals surface area contributed by atoms with E-state index in [2.05, 4.69) is 124 Å². The number of hydrogen-bond donors (Lipinski definition) is 0. The van der Waals surface area contributed by atoms with Gasteiger partial charge in [0.15, 0.2) is 17.5 Å². The monoisotopic (exact) mass is 729 g/mol. The van der Waals surface area contributed by atoms with Gasteiger partial charge < -0.3 is 13.6 Å². The molecule has 0 saturated heterocycles. The SMILES string of the molecule is c1ccc(-c2nc(-c3ccccc3)nc(-c3ccc(-n4c5cc6oc7ccccc7c6cc5c5cc6c7ccccc7n(-c7ccccc7)c6cc54)cc3)n2)cc1. The zero-order valence-corrected chi connectivity index (χ0v) is 30.5. The lowest BCUT2D eigenvalue weighted by molar-refractivity contribution is 0.669. The smallest absolute Gasteiger partial charge is 0.164 e. The Morgan fingerprint density at radius 1 is 0.298 bits per heavy atom. The van der Waals surface area contributed by atoms with Crippen LogP contribution in [-0.2, 0) is 0 Å². The summed E-state index contributed by atoms with van der Waals surface area (Å²) >= 11 is 0. The van der Waals surface area contributed by atoms with Crippen molar-refractivity contribution >= 4 is 65.6 Å². The Kier molecular flexibility index (Phi) is 6.83. The van der Waals surface area contributed by atoms with Crippen molar-refractivity contribution in [2.24, 2.45) is 0 Å². The van der Waals surface area contributed by atoms with E-state index in [0.29, 0.717) is 17.5 Å². The molecule has 57 heavy (non-hydrogen) atoms. The lowest BCUT2D eigenvalue weighted by Crippen LogP contribution is -2.00. The number of para-hydroxylation sites is 3. The zero-order valence-electron chi connectivity index (χ0n) is 30.5. The molecule has 6 heteroatoms. The maximum absolute atomic E-state index is 6.48. The molecular formula is C51H31N5O. The number of fused-ring (bicyclic) bond motifs is 9. The van der Waals surface area contributed by atoms with Gasteiger partial charge in [-0.3, -0.25) is 0 Å². The second-order valence-corrected chi connectivity index (χ2v) is 14.5. The zero-order chi connectivity index (χ0) is 37.5. The molecule has 266 valence electrons. The summed E-state index contributed by atoms with van der Waals surface area (Å²) in [5.74, 6) is 1.90. The lowest BCUT2D eigenvalue weighted by atomic mass is 10.1. The van der Waals surface area contributed by atoms with E-state index in [9.17, 15) is 0 Å². The van der Waals surface area contributed by atoms with Gasteiger partial charge in [-0.25, -0.2) is 15.0 Å². The van der Waals surface area contributed by atoms with E-state index in [-0.39, 0.29) is 0 Å². The minimum absolute atomic E-state index is 0.620. The molecule has 0 fully saturated rings. The number of aromatic nitrogens is 5. The summed E-state index contributed by atoms with van der Waals surface area (Å²) < 4.78 is 11.2. The van der Waals surface area contributed by atoms with Gasteiger partial charge in [-0.15, -0.1) is 0 Å². The molecule has 0 aliphatic rings. The first-order valence-electron chi connectivity index (χ1n) is 19.1. The fraction of sp³-hybridized carbons (Fsp3) is 0. The summed E-state index contributed by atoms with van der Waals surface area (Å²) in [6, 6.07) is 65.6. The predicted molar refractivity (Wildman–Crippen MR) is 232 cm³/mol. The Hall–Kier alpha value is -7.83. The topological polar surface area (TPSA) is 61.7 Å². The van der Waals surface area contributed by atoms with Crippen LogP contribution in [0.4, 0.5) is 0 Å². The highest BCUT2D eigenvalue weighted by atomic mass is 16.3. The first kappa shape index (κ1) is 31.5. The van der Waals surface area contributed by atoms with Crippen LogP contribution >= 0.6 is 0 Å². The maximum atomic E-state index is 6.48. The van der Waals surface area contributed by atoms with Crippen LogP contribution in [0.3, 0.4) is 0 Å². The second kappa shape index (κ2) is 12.3. The molecule has 12 aromatic rings.